The summed E-state index contributed by atoms with van der Waals surface area (Å²) in [6, 6.07) is 15.2. The number of hydrogen-bond acceptors (Lipinski definition) is 4. The Bertz CT molecular complexity index is 701. The molecule has 0 fully saturated rings. The zero-order chi connectivity index (χ0) is 16.8. The molecule has 1 N–H and O–H groups in total. The molecule has 5 heteroatoms. The van der Waals surface area contributed by atoms with Crippen LogP contribution in [-0.2, 0) is 11.2 Å². The van der Waals surface area contributed by atoms with Crippen molar-refractivity contribution < 1.29 is 19.0 Å². The molecule has 1 atom stereocenters. The number of rotatable bonds is 6. The summed E-state index contributed by atoms with van der Waals surface area (Å²) in [7, 11) is 1.61. The van der Waals surface area contributed by atoms with E-state index in [4.69, 9.17) is 14.2 Å². The standard InChI is InChI=1S/C19H21NO4/c1-22-16-6-4-7-17(12-16)23-10-9-20-19(21)15-11-14-5-2-3-8-18(14)24-13-15/h2-8,12,15H,9-11,13H2,1H3,(H,20,21). The van der Waals surface area contributed by atoms with Crippen molar-refractivity contribution in [2.24, 2.45) is 5.92 Å². The molecular weight excluding hydrogens is 306 g/mol. The van der Waals surface area contributed by atoms with E-state index in [2.05, 4.69) is 5.32 Å². The highest BCUT2D eigenvalue weighted by Gasteiger charge is 2.25. The van der Waals surface area contributed by atoms with Gasteiger partial charge < -0.3 is 19.5 Å². The second-order valence-electron chi connectivity index (χ2n) is 5.64. The van der Waals surface area contributed by atoms with E-state index in [0.717, 1.165) is 22.8 Å². The molecule has 2 aromatic carbocycles. The quantitative estimate of drug-likeness (QED) is 0.828. The number of carbonyl (C=O) groups is 1. The third-order valence-electron chi connectivity index (χ3n) is 3.96. The fourth-order valence-electron chi connectivity index (χ4n) is 2.67. The molecule has 1 heterocycles. The predicted molar refractivity (Wildman–Crippen MR) is 90.6 cm³/mol. The van der Waals surface area contributed by atoms with E-state index in [0.29, 0.717) is 26.2 Å². The third-order valence-corrected chi connectivity index (χ3v) is 3.96. The van der Waals surface area contributed by atoms with E-state index in [1.165, 1.54) is 0 Å². The SMILES string of the molecule is COc1cccc(OCCNC(=O)C2COc3ccccc3C2)c1. The van der Waals surface area contributed by atoms with Crippen LogP contribution in [0.15, 0.2) is 48.5 Å². The van der Waals surface area contributed by atoms with Crippen molar-refractivity contribution in [1.82, 2.24) is 5.32 Å². The molecule has 5 nitrogen and oxygen atoms in total. The molecule has 0 aromatic heterocycles. The maximum Gasteiger partial charge on any atom is 0.227 e. The van der Waals surface area contributed by atoms with Crippen molar-refractivity contribution in [3.8, 4) is 17.2 Å². The monoisotopic (exact) mass is 327 g/mol. The summed E-state index contributed by atoms with van der Waals surface area (Å²) in [6.07, 6.45) is 0.707. The average molecular weight is 327 g/mol. The summed E-state index contributed by atoms with van der Waals surface area (Å²) < 4.78 is 16.4. The van der Waals surface area contributed by atoms with E-state index >= 15 is 0 Å². The number of methoxy groups -OCH3 is 1. The normalized spacial score (nSPS) is 15.8. The van der Waals surface area contributed by atoms with Gasteiger partial charge in [0.15, 0.2) is 0 Å². The van der Waals surface area contributed by atoms with Gasteiger partial charge in [-0.1, -0.05) is 24.3 Å². The van der Waals surface area contributed by atoms with Crippen LogP contribution in [0.3, 0.4) is 0 Å². The van der Waals surface area contributed by atoms with Gasteiger partial charge >= 0.3 is 0 Å². The highest BCUT2D eigenvalue weighted by atomic mass is 16.5. The van der Waals surface area contributed by atoms with Crippen LogP contribution in [0, 0.1) is 5.92 Å². The molecule has 24 heavy (non-hydrogen) atoms. The van der Waals surface area contributed by atoms with E-state index in [1.54, 1.807) is 7.11 Å². The van der Waals surface area contributed by atoms with Gasteiger partial charge in [-0.15, -0.1) is 0 Å². The van der Waals surface area contributed by atoms with Gasteiger partial charge in [0, 0.05) is 6.07 Å². The van der Waals surface area contributed by atoms with Crippen molar-refractivity contribution in [1.29, 1.82) is 0 Å². The Kier molecular flexibility index (Phi) is 5.21. The number of nitrogens with one attached hydrogen (secondary N) is 1. The topological polar surface area (TPSA) is 56.8 Å². The van der Waals surface area contributed by atoms with Gasteiger partial charge in [0.2, 0.25) is 5.91 Å². The predicted octanol–water partition coefficient (Wildman–Crippen LogP) is 2.44. The lowest BCUT2D eigenvalue weighted by molar-refractivity contribution is -0.126. The van der Waals surface area contributed by atoms with Crippen LogP contribution in [0.5, 0.6) is 17.2 Å². The number of ether oxygens (including phenoxy) is 3. The maximum atomic E-state index is 12.3. The van der Waals surface area contributed by atoms with Crippen LogP contribution < -0.4 is 19.5 Å². The largest absolute Gasteiger partial charge is 0.497 e. The minimum absolute atomic E-state index is 0.00116. The number of benzene rings is 2. The van der Waals surface area contributed by atoms with Gasteiger partial charge in [0.25, 0.3) is 0 Å². The lowest BCUT2D eigenvalue weighted by atomic mass is 9.96. The maximum absolute atomic E-state index is 12.3. The molecule has 1 amide bonds. The van der Waals surface area contributed by atoms with Crippen LogP contribution in [0.1, 0.15) is 5.56 Å². The molecule has 3 rings (SSSR count). The van der Waals surface area contributed by atoms with E-state index in [9.17, 15) is 4.79 Å². The van der Waals surface area contributed by atoms with Gasteiger partial charge in [0.1, 0.15) is 30.5 Å². The molecule has 126 valence electrons. The molecular formula is C19H21NO4. The van der Waals surface area contributed by atoms with E-state index < -0.39 is 0 Å². The van der Waals surface area contributed by atoms with Crippen molar-refractivity contribution in [3.05, 3.63) is 54.1 Å². The first-order valence-corrected chi connectivity index (χ1v) is 8.01. The summed E-state index contributed by atoms with van der Waals surface area (Å²) >= 11 is 0. The summed E-state index contributed by atoms with van der Waals surface area (Å²) in [5.74, 6) is 2.19. The lowest BCUT2D eigenvalue weighted by Crippen LogP contribution is -2.39. The zero-order valence-electron chi connectivity index (χ0n) is 13.7. The Hall–Kier alpha value is -2.69. The second kappa shape index (κ2) is 7.73. The smallest absolute Gasteiger partial charge is 0.227 e. The van der Waals surface area contributed by atoms with Gasteiger partial charge in [-0.3, -0.25) is 4.79 Å². The van der Waals surface area contributed by atoms with Crippen LogP contribution in [0.25, 0.3) is 0 Å². The first-order chi connectivity index (χ1) is 11.8. The lowest BCUT2D eigenvalue weighted by Gasteiger charge is -2.24. The van der Waals surface area contributed by atoms with Crippen molar-refractivity contribution in [2.45, 2.75) is 6.42 Å². The Morgan fingerprint density at radius 2 is 2.04 bits per heavy atom. The number of amides is 1. The summed E-state index contributed by atoms with van der Waals surface area (Å²) in [5.41, 5.74) is 1.08. The number of para-hydroxylation sites is 1. The molecule has 0 radical (unpaired) electrons. The van der Waals surface area contributed by atoms with Gasteiger partial charge in [-0.25, -0.2) is 0 Å². The molecule has 2 aromatic rings. The Morgan fingerprint density at radius 3 is 2.92 bits per heavy atom. The number of carbonyl (C=O) groups excluding carboxylic acids is 1. The summed E-state index contributed by atoms with van der Waals surface area (Å²) in [4.78, 5) is 12.3. The highest BCUT2D eigenvalue weighted by Crippen LogP contribution is 2.26. The van der Waals surface area contributed by atoms with Crippen molar-refractivity contribution in [2.75, 3.05) is 26.9 Å². The summed E-state index contributed by atoms with van der Waals surface area (Å²) in [5, 5.41) is 2.91. The summed E-state index contributed by atoms with van der Waals surface area (Å²) in [6.45, 7) is 1.27. The Labute approximate surface area is 141 Å². The Morgan fingerprint density at radius 1 is 1.21 bits per heavy atom. The Balaban J connectivity index is 1.43. The molecule has 1 aliphatic rings. The number of fused-ring (bicyclic) bond motifs is 1. The fraction of sp³-hybridized carbons (Fsp3) is 0.316. The van der Waals surface area contributed by atoms with Crippen LogP contribution in [0.2, 0.25) is 0 Å². The minimum atomic E-state index is -0.156. The molecule has 1 aliphatic heterocycles. The third kappa shape index (κ3) is 3.98. The van der Waals surface area contributed by atoms with E-state index in [1.807, 2.05) is 48.5 Å². The molecule has 0 saturated heterocycles. The van der Waals surface area contributed by atoms with Gasteiger partial charge in [0.05, 0.1) is 19.6 Å². The molecule has 0 aliphatic carbocycles. The highest BCUT2D eigenvalue weighted by molar-refractivity contribution is 5.79. The zero-order valence-corrected chi connectivity index (χ0v) is 13.7. The van der Waals surface area contributed by atoms with Crippen molar-refractivity contribution >= 4 is 5.91 Å². The molecule has 0 saturated carbocycles. The minimum Gasteiger partial charge on any atom is -0.497 e. The second-order valence-corrected chi connectivity index (χ2v) is 5.64. The van der Waals surface area contributed by atoms with E-state index in [-0.39, 0.29) is 11.8 Å². The van der Waals surface area contributed by atoms with Crippen LogP contribution in [0.4, 0.5) is 0 Å². The fourth-order valence-corrected chi connectivity index (χ4v) is 2.67. The first kappa shape index (κ1) is 16.2. The van der Waals surface area contributed by atoms with Crippen LogP contribution in [-0.4, -0.2) is 32.8 Å². The molecule has 0 bridgehead atoms. The average Bonchev–Trinajstić information content (AvgIpc) is 2.64. The first-order valence-electron chi connectivity index (χ1n) is 8.01. The van der Waals surface area contributed by atoms with Crippen molar-refractivity contribution in [3.63, 3.8) is 0 Å². The molecule has 1 unspecified atom stereocenters. The number of hydrogen-bond donors (Lipinski definition) is 1. The van der Waals surface area contributed by atoms with Gasteiger partial charge in [-0.05, 0) is 30.2 Å². The molecule has 0 spiro atoms. The van der Waals surface area contributed by atoms with Gasteiger partial charge in [-0.2, -0.15) is 0 Å². The van der Waals surface area contributed by atoms with Crippen LogP contribution >= 0.6 is 0 Å².